The van der Waals surface area contributed by atoms with Crippen molar-refractivity contribution in [3.05, 3.63) is 48.0 Å². The van der Waals surface area contributed by atoms with Gasteiger partial charge in [0.1, 0.15) is 11.3 Å². The molecule has 1 fully saturated rings. The van der Waals surface area contributed by atoms with Crippen molar-refractivity contribution in [3.8, 4) is 0 Å². The average Bonchev–Trinajstić information content (AvgIpc) is 3.13. The van der Waals surface area contributed by atoms with Crippen molar-refractivity contribution >= 4 is 28.5 Å². The summed E-state index contributed by atoms with van der Waals surface area (Å²) in [6.07, 6.45) is 1.60. The van der Waals surface area contributed by atoms with E-state index in [0.29, 0.717) is 35.9 Å². The predicted molar refractivity (Wildman–Crippen MR) is 108 cm³/mol. The average molecular weight is 380 g/mol. The van der Waals surface area contributed by atoms with E-state index in [9.17, 15) is 4.79 Å². The molecule has 1 aliphatic rings. The normalized spacial score (nSPS) is 15.0. The van der Waals surface area contributed by atoms with E-state index in [1.165, 1.54) is 0 Å². The van der Waals surface area contributed by atoms with Crippen molar-refractivity contribution in [1.82, 2.24) is 9.97 Å². The Labute approximate surface area is 163 Å². The molecule has 3 aromatic rings. The Hall–Kier alpha value is -2.93. The van der Waals surface area contributed by atoms with Gasteiger partial charge in [0.05, 0.1) is 18.8 Å². The van der Waals surface area contributed by atoms with Crippen molar-refractivity contribution < 1.29 is 13.9 Å². The van der Waals surface area contributed by atoms with Crippen molar-refractivity contribution in [2.24, 2.45) is 0 Å². The number of carbonyl (C=O) groups is 1. The number of pyridine rings is 1. The SMILES string of the molecule is CC(C)(C)c1nc2cc(NC(=O)c3ccc(N4CCOCC4)nc3)ccc2o1. The first-order valence-electron chi connectivity index (χ1n) is 9.41. The molecule has 1 amide bonds. The zero-order valence-corrected chi connectivity index (χ0v) is 16.4. The summed E-state index contributed by atoms with van der Waals surface area (Å²) in [5.41, 5.74) is 2.44. The van der Waals surface area contributed by atoms with Crippen LogP contribution in [0.4, 0.5) is 11.5 Å². The Morgan fingerprint density at radius 1 is 1.14 bits per heavy atom. The fourth-order valence-electron chi connectivity index (χ4n) is 3.03. The van der Waals surface area contributed by atoms with Crippen LogP contribution in [-0.2, 0) is 10.2 Å². The number of hydrogen-bond donors (Lipinski definition) is 1. The van der Waals surface area contributed by atoms with Crippen LogP contribution in [0.3, 0.4) is 0 Å². The van der Waals surface area contributed by atoms with Gasteiger partial charge in [-0.05, 0) is 30.3 Å². The first-order valence-corrected chi connectivity index (χ1v) is 9.41. The van der Waals surface area contributed by atoms with E-state index in [2.05, 4.69) is 20.2 Å². The maximum absolute atomic E-state index is 12.6. The summed E-state index contributed by atoms with van der Waals surface area (Å²) in [7, 11) is 0. The number of hydrogen-bond acceptors (Lipinski definition) is 6. The summed E-state index contributed by atoms with van der Waals surface area (Å²) >= 11 is 0. The quantitative estimate of drug-likeness (QED) is 0.748. The van der Waals surface area contributed by atoms with Gasteiger partial charge >= 0.3 is 0 Å². The van der Waals surface area contributed by atoms with Crippen molar-refractivity contribution in [2.45, 2.75) is 26.2 Å². The molecule has 1 saturated heterocycles. The molecule has 1 N–H and O–H groups in total. The lowest BCUT2D eigenvalue weighted by Crippen LogP contribution is -2.36. The Morgan fingerprint density at radius 2 is 1.93 bits per heavy atom. The van der Waals surface area contributed by atoms with E-state index in [1.54, 1.807) is 12.3 Å². The van der Waals surface area contributed by atoms with Crippen LogP contribution >= 0.6 is 0 Å². The summed E-state index contributed by atoms with van der Waals surface area (Å²) in [6.45, 7) is 9.17. The molecular formula is C21H24N4O3. The van der Waals surface area contributed by atoms with E-state index < -0.39 is 0 Å². The Balaban J connectivity index is 1.48. The van der Waals surface area contributed by atoms with Gasteiger partial charge in [-0.25, -0.2) is 9.97 Å². The molecule has 0 bridgehead atoms. The van der Waals surface area contributed by atoms with E-state index in [1.807, 2.05) is 45.0 Å². The molecule has 1 aromatic carbocycles. The molecule has 7 nitrogen and oxygen atoms in total. The zero-order chi connectivity index (χ0) is 19.7. The Bertz CT molecular complexity index is 983. The zero-order valence-electron chi connectivity index (χ0n) is 16.4. The second-order valence-electron chi connectivity index (χ2n) is 7.91. The van der Waals surface area contributed by atoms with E-state index in [-0.39, 0.29) is 11.3 Å². The molecule has 28 heavy (non-hydrogen) atoms. The van der Waals surface area contributed by atoms with Crippen LogP contribution in [0.25, 0.3) is 11.1 Å². The minimum atomic E-state index is -0.208. The van der Waals surface area contributed by atoms with Crippen LogP contribution in [0.2, 0.25) is 0 Å². The fraction of sp³-hybridized carbons (Fsp3) is 0.381. The van der Waals surface area contributed by atoms with Gasteiger partial charge in [0.15, 0.2) is 5.58 Å². The molecule has 3 heterocycles. The van der Waals surface area contributed by atoms with E-state index in [0.717, 1.165) is 24.4 Å². The summed E-state index contributed by atoms with van der Waals surface area (Å²) in [5.74, 6) is 1.33. The molecule has 0 saturated carbocycles. The van der Waals surface area contributed by atoms with Crippen LogP contribution in [0.5, 0.6) is 0 Å². The van der Waals surface area contributed by atoms with Gasteiger partial charge in [-0.1, -0.05) is 20.8 Å². The lowest BCUT2D eigenvalue weighted by atomic mass is 9.97. The number of nitrogens with one attached hydrogen (secondary N) is 1. The van der Waals surface area contributed by atoms with Crippen molar-refractivity contribution in [3.63, 3.8) is 0 Å². The summed E-state index contributed by atoms with van der Waals surface area (Å²) in [4.78, 5) is 23.7. The highest BCUT2D eigenvalue weighted by Crippen LogP contribution is 2.27. The molecule has 0 spiro atoms. The van der Waals surface area contributed by atoms with Gasteiger partial charge in [0.2, 0.25) is 5.89 Å². The molecule has 0 aliphatic carbocycles. The lowest BCUT2D eigenvalue weighted by molar-refractivity contribution is 0.102. The molecule has 7 heteroatoms. The third-order valence-corrected chi connectivity index (χ3v) is 4.63. The standard InChI is InChI=1S/C21H24N4O3/c1-21(2,3)20-24-16-12-15(5-6-17(16)28-20)23-19(26)14-4-7-18(22-13-14)25-8-10-27-11-9-25/h4-7,12-13H,8-11H2,1-3H3,(H,23,26). The summed E-state index contributed by atoms with van der Waals surface area (Å²) in [6, 6.07) is 9.12. The van der Waals surface area contributed by atoms with Gasteiger partial charge in [0.25, 0.3) is 5.91 Å². The number of aromatic nitrogens is 2. The number of anilines is 2. The summed E-state index contributed by atoms with van der Waals surface area (Å²) < 4.78 is 11.2. The maximum Gasteiger partial charge on any atom is 0.257 e. The highest BCUT2D eigenvalue weighted by atomic mass is 16.5. The van der Waals surface area contributed by atoms with Gasteiger partial charge in [0, 0.05) is 30.4 Å². The van der Waals surface area contributed by atoms with E-state index >= 15 is 0 Å². The molecule has 146 valence electrons. The van der Waals surface area contributed by atoms with Crippen LogP contribution < -0.4 is 10.2 Å². The smallest absolute Gasteiger partial charge is 0.257 e. The van der Waals surface area contributed by atoms with Crippen molar-refractivity contribution in [2.75, 3.05) is 36.5 Å². The number of ether oxygens (including phenoxy) is 1. The molecule has 4 rings (SSSR count). The van der Waals surface area contributed by atoms with Crippen LogP contribution in [0.1, 0.15) is 37.0 Å². The molecule has 0 atom stereocenters. The maximum atomic E-state index is 12.6. The number of oxazole rings is 1. The van der Waals surface area contributed by atoms with Crippen LogP contribution in [0.15, 0.2) is 40.9 Å². The Morgan fingerprint density at radius 3 is 2.61 bits per heavy atom. The number of fused-ring (bicyclic) bond motifs is 1. The number of carbonyl (C=O) groups excluding carboxylic acids is 1. The van der Waals surface area contributed by atoms with Gasteiger partial charge < -0.3 is 19.4 Å². The van der Waals surface area contributed by atoms with Gasteiger partial charge in [-0.15, -0.1) is 0 Å². The Kier molecular flexibility index (Phi) is 4.77. The number of benzene rings is 1. The van der Waals surface area contributed by atoms with Gasteiger partial charge in [-0.3, -0.25) is 4.79 Å². The molecule has 1 aliphatic heterocycles. The van der Waals surface area contributed by atoms with E-state index in [4.69, 9.17) is 9.15 Å². The monoisotopic (exact) mass is 380 g/mol. The number of nitrogens with zero attached hydrogens (tertiary/aromatic N) is 3. The largest absolute Gasteiger partial charge is 0.440 e. The number of rotatable bonds is 3. The highest BCUT2D eigenvalue weighted by Gasteiger charge is 2.21. The minimum Gasteiger partial charge on any atom is -0.440 e. The molecule has 0 unspecified atom stereocenters. The predicted octanol–water partition coefficient (Wildman–Crippen LogP) is 3.61. The molecule has 0 radical (unpaired) electrons. The van der Waals surface area contributed by atoms with Gasteiger partial charge in [-0.2, -0.15) is 0 Å². The number of morpholine rings is 1. The molecule has 2 aromatic heterocycles. The first-order chi connectivity index (χ1) is 13.4. The third kappa shape index (κ3) is 3.84. The highest BCUT2D eigenvalue weighted by molar-refractivity contribution is 6.04. The van der Waals surface area contributed by atoms with Crippen LogP contribution in [-0.4, -0.2) is 42.2 Å². The molecular weight excluding hydrogens is 356 g/mol. The minimum absolute atomic E-state index is 0.170. The van der Waals surface area contributed by atoms with Crippen LogP contribution in [0, 0.1) is 0 Å². The first kappa shape index (κ1) is 18.4. The fourth-order valence-corrected chi connectivity index (χ4v) is 3.03. The lowest BCUT2D eigenvalue weighted by Gasteiger charge is -2.27. The number of amides is 1. The second kappa shape index (κ2) is 7.24. The second-order valence-corrected chi connectivity index (χ2v) is 7.91. The topological polar surface area (TPSA) is 80.5 Å². The van der Waals surface area contributed by atoms with Crippen molar-refractivity contribution in [1.29, 1.82) is 0 Å². The summed E-state index contributed by atoms with van der Waals surface area (Å²) in [5, 5.41) is 2.90. The third-order valence-electron chi connectivity index (χ3n) is 4.63.